The molecule has 1 aliphatic heterocycles. The van der Waals surface area contributed by atoms with Crippen molar-refractivity contribution in [2.24, 2.45) is 0 Å². The first-order valence-corrected chi connectivity index (χ1v) is 9.82. The molecular weight excluding hydrogens is 350 g/mol. The van der Waals surface area contributed by atoms with Gasteiger partial charge in [0.2, 0.25) is 0 Å². The molecule has 0 radical (unpaired) electrons. The van der Waals surface area contributed by atoms with Crippen molar-refractivity contribution >= 4 is 17.4 Å². The third-order valence-corrected chi connectivity index (χ3v) is 5.19. The molecule has 0 fully saturated rings. The van der Waals surface area contributed by atoms with Gasteiger partial charge in [0.15, 0.2) is 5.82 Å². The number of amides is 2. The zero-order valence-corrected chi connectivity index (χ0v) is 16.1. The van der Waals surface area contributed by atoms with Crippen molar-refractivity contribution in [2.75, 3.05) is 10.2 Å². The molecule has 0 saturated heterocycles. The van der Waals surface area contributed by atoms with E-state index in [0.717, 1.165) is 54.4 Å². The zero-order valence-electron chi connectivity index (χ0n) is 16.1. The summed E-state index contributed by atoms with van der Waals surface area (Å²) in [5.74, 6) is 1.86. The summed E-state index contributed by atoms with van der Waals surface area (Å²) in [5.41, 5.74) is 2.67. The lowest BCUT2D eigenvalue weighted by Crippen LogP contribution is -2.35. The standard InChI is InChI=1S/C22H25N5O/c1-17-10-7-8-13-19(17)23-22(28)27(18-11-4-2-5-12-18)16-21-25-24-20-14-6-3-9-15-26(20)21/h2,4-5,7-8,10-13H,3,6,9,14-16H2,1H3,(H,23,28). The molecule has 2 heterocycles. The van der Waals surface area contributed by atoms with E-state index in [4.69, 9.17) is 0 Å². The van der Waals surface area contributed by atoms with E-state index in [1.165, 1.54) is 6.42 Å². The molecule has 1 aliphatic rings. The van der Waals surface area contributed by atoms with E-state index in [9.17, 15) is 4.79 Å². The fourth-order valence-electron chi connectivity index (χ4n) is 3.59. The van der Waals surface area contributed by atoms with Crippen LogP contribution in [0.1, 0.15) is 36.5 Å². The third-order valence-electron chi connectivity index (χ3n) is 5.19. The van der Waals surface area contributed by atoms with Crippen LogP contribution in [0.15, 0.2) is 54.6 Å². The highest BCUT2D eigenvalue weighted by atomic mass is 16.2. The van der Waals surface area contributed by atoms with Gasteiger partial charge in [0.25, 0.3) is 0 Å². The van der Waals surface area contributed by atoms with Gasteiger partial charge in [-0.05, 0) is 43.5 Å². The summed E-state index contributed by atoms with van der Waals surface area (Å²) in [6, 6.07) is 17.3. The molecule has 0 spiro atoms. The smallest absolute Gasteiger partial charge is 0.313 e. The van der Waals surface area contributed by atoms with Crippen molar-refractivity contribution in [1.82, 2.24) is 14.8 Å². The van der Waals surface area contributed by atoms with Crippen LogP contribution < -0.4 is 10.2 Å². The van der Waals surface area contributed by atoms with Crippen LogP contribution in [-0.2, 0) is 19.5 Å². The van der Waals surface area contributed by atoms with Gasteiger partial charge >= 0.3 is 6.03 Å². The number of aromatic nitrogens is 3. The van der Waals surface area contributed by atoms with Crippen LogP contribution in [-0.4, -0.2) is 20.8 Å². The van der Waals surface area contributed by atoms with E-state index in [-0.39, 0.29) is 6.03 Å². The minimum Gasteiger partial charge on any atom is -0.313 e. The maximum atomic E-state index is 13.2. The number of hydrogen-bond donors (Lipinski definition) is 1. The second-order valence-corrected chi connectivity index (χ2v) is 7.16. The van der Waals surface area contributed by atoms with Gasteiger partial charge < -0.3 is 9.88 Å². The molecular formula is C22H25N5O. The number of fused-ring (bicyclic) bond motifs is 1. The number of aryl methyl sites for hydroxylation is 2. The van der Waals surface area contributed by atoms with Crippen LogP contribution in [0.4, 0.5) is 16.2 Å². The highest BCUT2D eigenvalue weighted by Gasteiger charge is 2.22. The van der Waals surface area contributed by atoms with Crippen LogP contribution >= 0.6 is 0 Å². The molecule has 0 aliphatic carbocycles. The van der Waals surface area contributed by atoms with E-state index >= 15 is 0 Å². The summed E-state index contributed by atoms with van der Waals surface area (Å²) in [6.07, 6.45) is 4.43. The molecule has 6 nitrogen and oxygen atoms in total. The molecule has 1 N–H and O–H groups in total. The van der Waals surface area contributed by atoms with Crippen LogP contribution in [0.2, 0.25) is 0 Å². The quantitative estimate of drug-likeness (QED) is 0.727. The molecule has 0 saturated carbocycles. The van der Waals surface area contributed by atoms with Gasteiger partial charge in [-0.1, -0.05) is 42.8 Å². The topological polar surface area (TPSA) is 63.1 Å². The number of urea groups is 1. The van der Waals surface area contributed by atoms with Crippen LogP contribution in [0.5, 0.6) is 0 Å². The van der Waals surface area contributed by atoms with Gasteiger partial charge in [0.1, 0.15) is 5.82 Å². The molecule has 2 aromatic carbocycles. The number of rotatable bonds is 4. The Morgan fingerprint density at radius 1 is 1.04 bits per heavy atom. The van der Waals surface area contributed by atoms with Crippen molar-refractivity contribution in [3.63, 3.8) is 0 Å². The SMILES string of the molecule is Cc1ccccc1NC(=O)N(Cc1nnc2n1CCCCC2)c1ccccc1. The summed E-state index contributed by atoms with van der Waals surface area (Å²) in [6.45, 7) is 3.29. The molecule has 28 heavy (non-hydrogen) atoms. The Hall–Kier alpha value is -3.15. The minimum atomic E-state index is -0.175. The van der Waals surface area contributed by atoms with Gasteiger partial charge in [0, 0.05) is 24.3 Å². The average molecular weight is 375 g/mol. The Balaban J connectivity index is 1.62. The Labute approximate surface area is 165 Å². The van der Waals surface area contributed by atoms with Gasteiger partial charge in [-0.15, -0.1) is 10.2 Å². The average Bonchev–Trinajstić information content (AvgIpc) is 2.94. The largest absolute Gasteiger partial charge is 0.326 e. The zero-order chi connectivity index (χ0) is 19.3. The number of hydrogen-bond acceptors (Lipinski definition) is 3. The number of nitrogens with zero attached hydrogens (tertiary/aromatic N) is 4. The molecule has 3 aromatic rings. The van der Waals surface area contributed by atoms with Crippen molar-refractivity contribution in [1.29, 1.82) is 0 Å². The van der Waals surface area contributed by atoms with Crippen molar-refractivity contribution < 1.29 is 4.79 Å². The summed E-state index contributed by atoms with van der Waals surface area (Å²) in [5, 5.41) is 11.8. The summed E-state index contributed by atoms with van der Waals surface area (Å²) in [7, 11) is 0. The minimum absolute atomic E-state index is 0.175. The highest BCUT2D eigenvalue weighted by molar-refractivity contribution is 6.01. The lowest BCUT2D eigenvalue weighted by Gasteiger charge is -2.23. The van der Waals surface area contributed by atoms with Crippen molar-refractivity contribution in [2.45, 2.75) is 45.7 Å². The Morgan fingerprint density at radius 2 is 1.82 bits per heavy atom. The first-order valence-electron chi connectivity index (χ1n) is 9.82. The van der Waals surface area contributed by atoms with Gasteiger partial charge in [-0.2, -0.15) is 0 Å². The summed E-state index contributed by atoms with van der Waals surface area (Å²) in [4.78, 5) is 14.9. The van der Waals surface area contributed by atoms with Crippen molar-refractivity contribution in [3.8, 4) is 0 Å². The number of para-hydroxylation sites is 2. The maximum absolute atomic E-state index is 13.2. The molecule has 0 unspecified atom stereocenters. The first kappa shape index (κ1) is 18.2. The fourth-order valence-corrected chi connectivity index (χ4v) is 3.59. The normalized spacial score (nSPS) is 13.5. The lowest BCUT2D eigenvalue weighted by molar-refractivity contribution is 0.256. The van der Waals surface area contributed by atoms with E-state index in [2.05, 4.69) is 20.1 Å². The number of anilines is 2. The Morgan fingerprint density at radius 3 is 2.64 bits per heavy atom. The lowest BCUT2D eigenvalue weighted by atomic mass is 10.2. The van der Waals surface area contributed by atoms with Crippen LogP contribution in [0.25, 0.3) is 0 Å². The Bertz CT molecular complexity index is 951. The monoisotopic (exact) mass is 375 g/mol. The summed E-state index contributed by atoms with van der Waals surface area (Å²) < 4.78 is 2.18. The van der Waals surface area contributed by atoms with Crippen LogP contribution in [0, 0.1) is 6.92 Å². The number of nitrogens with one attached hydrogen (secondary N) is 1. The van der Waals surface area contributed by atoms with Gasteiger partial charge in [-0.25, -0.2) is 4.79 Å². The first-order chi connectivity index (χ1) is 13.7. The van der Waals surface area contributed by atoms with Gasteiger partial charge in [0.05, 0.1) is 6.54 Å². The number of carbonyl (C=O) groups excluding carboxylic acids is 1. The molecule has 1 aromatic heterocycles. The van der Waals surface area contributed by atoms with Crippen LogP contribution in [0.3, 0.4) is 0 Å². The Kier molecular flexibility index (Phi) is 5.37. The second kappa shape index (κ2) is 8.25. The fraction of sp³-hybridized carbons (Fsp3) is 0.318. The van der Waals surface area contributed by atoms with E-state index in [1.54, 1.807) is 4.90 Å². The molecule has 0 bridgehead atoms. The maximum Gasteiger partial charge on any atom is 0.326 e. The highest BCUT2D eigenvalue weighted by Crippen LogP contribution is 2.22. The summed E-state index contributed by atoms with van der Waals surface area (Å²) >= 11 is 0. The number of benzene rings is 2. The molecule has 4 rings (SSSR count). The molecule has 6 heteroatoms. The molecule has 0 atom stereocenters. The van der Waals surface area contributed by atoms with E-state index < -0.39 is 0 Å². The van der Waals surface area contributed by atoms with Gasteiger partial charge in [-0.3, -0.25) is 4.90 Å². The second-order valence-electron chi connectivity index (χ2n) is 7.16. The van der Waals surface area contributed by atoms with E-state index in [0.29, 0.717) is 6.54 Å². The third kappa shape index (κ3) is 3.91. The molecule has 2 amide bonds. The predicted octanol–water partition coefficient (Wildman–Crippen LogP) is 4.55. The van der Waals surface area contributed by atoms with E-state index in [1.807, 2.05) is 61.5 Å². The molecule has 144 valence electrons. The number of carbonyl (C=O) groups is 1. The predicted molar refractivity (Wildman–Crippen MR) is 110 cm³/mol. The van der Waals surface area contributed by atoms with Crippen molar-refractivity contribution in [3.05, 3.63) is 71.8 Å².